The molecule has 0 atom stereocenters. The average Bonchev–Trinajstić information content (AvgIpc) is 2.44. The second kappa shape index (κ2) is 6.54. The molecule has 0 fully saturated rings. The molecular formula is C15H13ClF2N2O. The maximum atomic E-state index is 13.5. The molecule has 0 spiro atoms. The van der Waals surface area contributed by atoms with Crippen molar-refractivity contribution in [2.45, 2.75) is 6.54 Å². The highest BCUT2D eigenvalue weighted by atomic mass is 35.5. The molecule has 0 saturated carbocycles. The molecular weight excluding hydrogens is 298 g/mol. The number of nitrogens with one attached hydrogen (secondary N) is 1. The van der Waals surface area contributed by atoms with Crippen molar-refractivity contribution >= 4 is 23.3 Å². The van der Waals surface area contributed by atoms with Crippen molar-refractivity contribution in [2.75, 3.05) is 12.4 Å². The number of benzene rings is 2. The number of carbonyl (C=O) groups is 1. The maximum Gasteiger partial charge on any atom is 0.321 e. The molecule has 2 amide bonds. The van der Waals surface area contributed by atoms with Gasteiger partial charge in [-0.1, -0.05) is 29.8 Å². The van der Waals surface area contributed by atoms with Crippen molar-refractivity contribution in [1.82, 2.24) is 4.90 Å². The van der Waals surface area contributed by atoms with E-state index < -0.39 is 17.7 Å². The van der Waals surface area contributed by atoms with Crippen molar-refractivity contribution in [3.05, 3.63) is 64.7 Å². The summed E-state index contributed by atoms with van der Waals surface area (Å²) < 4.78 is 26.3. The summed E-state index contributed by atoms with van der Waals surface area (Å²) in [6.07, 6.45) is 0. The number of amides is 2. The summed E-state index contributed by atoms with van der Waals surface area (Å²) in [5, 5.41) is 2.93. The van der Waals surface area contributed by atoms with E-state index in [-0.39, 0.29) is 12.2 Å². The predicted molar refractivity (Wildman–Crippen MR) is 78.3 cm³/mol. The highest BCUT2D eigenvalue weighted by Gasteiger charge is 2.13. The number of hydrogen-bond acceptors (Lipinski definition) is 1. The molecule has 0 aliphatic heterocycles. The van der Waals surface area contributed by atoms with Gasteiger partial charge in [0, 0.05) is 24.7 Å². The van der Waals surface area contributed by atoms with Gasteiger partial charge in [-0.05, 0) is 23.8 Å². The number of halogens is 3. The smallest absolute Gasteiger partial charge is 0.321 e. The molecule has 2 aromatic rings. The fourth-order valence-electron chi connectivity index (χ4n) is 1.76. The summed E-state index contributed by atoms with van der Waals surface area (Å²) in [4.78, 5) is 13.3. The van der Waals surface area contributed by atoms with Crippen LogP contribution in [0.2, 0.25) is 5.02 Å². The second-order valence-corrected chi connectivity index (χ2v) is 4.91. The van der Waals surface area contributed by atoms with Gasteiger partial charge < -0.3 is 10.2 Å². The van der Waals surface area contributed by atoms with Crippen molar-refractivity contribution in [2.24, 2.45) is 0 Å². The molecule has 1 N–H and O–H groups in total. The molecule has 0 aliphatic carbocycles. The maximum absolute atomic E-state index is 13.5. The Bertz CT molecular complexity index is 664. The van der Waals surface area contributed by atoms with E-state index in [1.54, 1.807) is 25.2 Å². The quantitative estimate of drug-likeness (QED) is 0.901. The van der Waals surface area contributed by atoms with Gasteiger partial charge in [0.05, 0.1) is 5.69 Å². The topological polar surface area (TPSA) is 32.3 Å². The zero-order valence-electron chi connectivity index (χ0n) is 11.2. The van der Waals surface area contributed by atoms with Crippen LogP contribution in [0.15, 0.2) is 42.5 Å². The minimum absolute atomic E-state index is 0.0765. The van der Waals surface area contributed by atoms with E-state index >= 15 is 0 Å². The molecule has 0 bridgehead atoms. The van der Waals surface area contributed by atoms with Gasteiger partial charge in [0.15, 0.2) is 0 Å². The Morgan fingerprint density at radius 1 is 1.24 bits per heavy atom. The third-order valence-electron chi connectivity index (χ3n) is 2.88. The van der Waals surface area contributed by atoms with Crippen LogP contribution in [-0.4, -0.2) is 18.0 Å². The van der Waals surface area contributed by atoms with Crippen LogP contribution in [0.25, 0.3) is 0 Å². The van der Waals surface area contributed by atoms with E-state index in [0.29, 0.717) is 11.1 Å². The van der Waals surface area contributed by atoms with E-state index in [1.165, 1.54) is 11.0 Å². The lowest BCUT2D eigenvalue weighted by Crippen LogP contribution is -2.31. The lowest BCUT2D eigenvalue weighted by molar-refractivity contribution is 0.220. The van der Waals surface area contributed by atoms with E-state index in [9.17, 15) is 13.6 Å². The van der Waals surface area contributed by atoms with Crippen LogP contribution in [0.3, 0.4) is 0 Å². The normalized spacial score (nSPS) is 10.3. The molecule has 2 aromatic carbocycles. The van der Waals surface area contributed by atoms with Crippen LogP contribution < -0.4 is 5.32 Å². The number of rotatable bonds is 3. The Morgan fingerprint density at radius 2 is 1.95 bits per heavy atom. The van der Waals surface area contributed by atoms with E-state index in [4.69, 9.17) is 11.6 Å². The van der Waals surface area contributed by atoms with Crippen LogP contribution in [0, 0.1) is 11.6 Å². The summed E-state index contributed by atoms with van der Waals surface area (Å²) in [7, 11) is 1.56. The van der Waals surface area contributed by atoms with E-state index in [0.717, 1.165) is 11.6 Å². The molecule has 21 heavy (non-hydrogen) atoms. The molecule has 6 heteroatoms. The zero-order valence-corrected chi connectivity index (χ0v) is 12.0. The van der Waals surface area contributed by atoms with E-state index in [1.807, 2.05) is 6.07 Å². The SMILES string of the molecule is CN(Cc1ccccc1Cl)C(=O)Nc1ccc(F)cc1F. The van der Waals surface area contributed by atoms with Crippen molar-refractivity contribution in [3.63, 3.8) is 0 Å². The molecule has 0 saturated heterocycles. The molecule has 0 aromatic heterocycles. The summed E-state index contributed by atoms with van der Waals surface area (Å²) in [5.74, 6) is -1.52. The Kier molecular flexibility index (Phi) is 4.75. The van der Waals surface area contributed by atoms with Crippen LogP contribution in [-0.2, 0) is 6.54 Å². The first-order valence-corrected chi connectivity index (χ1v) is 6.56. The molecule has 0 heterocycles. The first-order chi connectivity index (χ1) is 9.97. The third-order valence-corrected chi connectivity index (χ3v) is 3.25. The summed E-state index contributed by atoms with van der Waals surface area (Å²) in [6, 6.07) is 9.57. The van der Waals surface area contributed by atoms with Crippen LogP contribution in [0.1, 0.15) is 5.56 Å². The standard InChI is InChI=1S/C15H13ClF2N2O/c1-20(9-10-4-2-3-5-12(10)16)15(21)19-14-7-6-11(17)8-13(14)18/h2-8H,9H2,1H3,(H,19,21). The summed E-state index contributed by atoms with van der Waals surface area (Å²) in [6.45, 7) is 0.272. The summed E-state index contributed by atoms with van der Waals surface area (Å²) >= 11 is 6.02. The van der Waals surface area contributed by atoms with Gasteiger partial charge in [0.2, 0.25) is 0 Å². The Hall–Kier alpha value is -2.14. The minimum atomic E-state index is -0.825. The number of hydrogen-bond donors (Lipinski definition) is 1. The van der Waals surface area contributed by atoms with E-state index in [2.05, 4.69) is 5.32 Å². The fraction of sp³-hybridized carbons (Fsp3) is 0.133. The molecule has 110 valence electrons. The minimum Gasteiger partial charge on any atom is -0.323 e. The molecule has 0 unspecified atom stereocenters. The monoisotopic (exact) mass is 310 g/mol. The Labute approximate surface area is 126 Å². The molecule has 0 radical (unpaired) electrons. The zero-order chi connectivity index (χ0) is 15.4. The summed E-state index contributed by atoms with van der Waals surface area (Å²) in [5.41, 5.74) is 0.698. The predicted octanol–water partition coefficient (Wildman–Crippen LogP) is 4.28. The van der Waals surface area contributed by atoms with Crippen LogP contribution in [0.4, 0.5) is 19.3 Å². The highest BCUT2D eigenvalue weighted by molar-refractivity contribution is 6.31. The second-order valence-electron chi connectivity index (χ2n) is 4.50. The van der Waals surface area contributed by atoms with Gasteiger partial charge in [-0.15, -0.1) is 0 Å². The third kappa shape index (κ3) is 3.92. The first kappa shape index (κ1) is 15.3. The van der Waals surface area contributed by atoms with Gasteiger partial charge in [-0.2, -0.15) is 0 Å². The van der Waals surface area contributed by atoms with Crippen molar-refractivity contribution in [1.29, 1.82) is 0 Å². The molecule has 0 aliphatic rings. The largest absolute Gasteiger partial charge is 0.323 e. The fourth-order valence-corrected chi connectivity index (χ4v) is 1.95. The Morgan fingerprint density at radius 3 is 2.62 bits per heavy atom. The number of anilines is 1. The van der Waals surface area contributed by atoms with Crippen LogP contribution in [0.5, 0.6) is 0 Å². The number of nitrogens with zero attached hydrogens (tertiary/aromatic N) is 1. The lowest BCUT2D eigenvalue weighted by atomic mass is 10.2. The van der Waals surface area contributed by atoms with Gasteiger partial charge >= 0.3 is 6.03 Å². The van der Waals surface area contributed by atoms with Crippen molar-refractivity contribution < 1.29 is 13.6 Å². The van der Waals surface area contributed by atoms with Crippen LogP contribution >= 0.6 is 11.6 Å². The first-order valence-electron chi connectivity index (χ1n) is 6.18. The Balaban J connectivity index is 2.04. The van der Waals surface area contributed by atoms with Gasteiger partial charge in [0.25, 0.3) is 0 Å². The average molecular weight is 311 g/mol. The molecule has 2 rings (SSSR count). The number of urea groups is 1. The molecule has 3 nitrogen and oxygen atoms in total. The van der Waals surface area contributed by atoms with Gasteiger partial charge in [-0.25, -0.2) is 13.6 Å². The van der Waals surface area contributed by atoms with Gasteiger partial charge in [0.1, 0.15) is 11.6 Å². The number of carbonyl (C=O) groups excluding carboxylic acids is 1. The van der Waals surface area contributed by atoms with Gasteiger partial charge in [-0.3, -0.25) is 0 Å². The highest BCUT2D eigenvalue weighted by Crippen LogP contribution is 2.18. The van der Waals surface area contributed by atoms with Crippen molar-refractivity contribution in [3.8, 4) is 0 Å². The lowest BCUT2D eigenvalue weighted by Gasteiger charge is -2.19.